The molecule has 0 saturated heterocycles. The van der Waals surface area contributed by atoms with Crippen molar-refractivity contribution in [3.05, 3.63) is 83.8 Å². The molecule has 0 fully saturated rings. The van der Waals surface area contributed by atoms with Crippen molar-refractivity contribution in [2.24, 2.45) is 0 Å². The van der Waals surface area contributed by atoms with Gasteiger partial charge in [-0.05, 0) is 40.8 Å². The minimum atomic E-state index is -0.761. The molecule has 4 rings (SSSR count). The molecular weight excluding hydrogens is 362 g/mol. The predicted octanol–water partition coefficient (Wildman–Crippen LogP) is 4.18. The van der Waals surface area contributed by atoms with Gasteiger partial charge in [0.15, 0.2) is 0 Å². The lowest BCUT2D eigenvalue weighted by Crippen LogP contribution is -2.37. The first-order valence-corrected chi connectivity index (χ1v) is 9.92. The number of fused-ring (bicyclic) bond motifs is 1. The van der Waals surface area contributed by atoms with Crippen LogP contribution in [0.2, 0.25) is 0 Å². The van der Waals surface area contributed by atoms with E-state index >= 15 is 0 Å². The maximum atomic E-state index is 10.6. The largest absolute Gasteiger partial charge is 0.466 e. The van der Waals surface area contributed by atoms with E-state index in [4.69, 9.17) is 10.2 Å². The first-order valence-electron chi connectivity index (χ1n) is 9.92. The molecule has 0 saturated carbocycles. The van der Waals surface area contributed by atoms with Crippen molar-refractivity contribution in [3.63, 3.8) is 0 Å². The van der Waals surface area contributed by atoms with Gasteiger partial charge in [-0.1, -0.05) is 57.2 Å². The summed E-state index contributed by atoms with van der Waals surface area (Å²) in [6.45, 7) is 7.64. The molecule has 4 aromatic rings. The van der Waals surface area contributed by atoms with E-state index in [-0.39, 0.29) is 5.41 Å². The van der Waals surface area contributed by atoms with E-state index in [9.17, 15) is 5.11 Å². The molecule has 29 heavy (non-hydrogen) atoms. The highest BCUT2D eigenvalue weighted by atomic mass is 16.4. The van der Waals surface area contributed by atoms with Gasteiger partial charge in [-0.2, -0.15) is 0 Å². The number of nitrogens with zero attached hydrogens (tertiary/aromatic N) is 2. The zero-order chi connectivity index (χ0) is 20.6. The Morgan fingerprint density at radius 3 is 2.41 bits per heavy atom. The number of anilines is 1. The summed E-state index contributed by atoms with van der Waals surface area (Å²) < 4.78 is 9.39. The van der Waals surface area contributed by atoms with Crippen molar-refractivity contribution >= 4 is 17.0 Å². The molecule has 2 aromatic heterocycles. The smallest absolute Gasteiger partial charge is 0.356 e. The maximum Gasteiger partial charge on any atom is 0.356 e. The Labute approximate surface area is 171 Å². The van der Waals surface area contributed by atoms with Crippen LogP contribution in [0.3, 0.4) is 0 Å². The number of hydrogen-bond donors (Lipinski definition) is 2. The molecule has 0 aliphatic carbocycles. The summed E-state index contributed by atoms with van der Waals surface area (Å²) >= 11 is 0. The van der Waals surface area contributed by atoms with E-state index in [2.05, 4.69) is 55.7 Å². The first kappa shape index (κ1) is 19.3. The van der Waals surface area contributed by atoms with E-state index < -0.39 is 6.10 Å². The summed E-state index contributed by atoms with van der Waals surface area (Å²) in [7, 11) is 0. The Balaban J connectivity index is 1.69. The summed E-state index contributed by atoms with van der Waals surface area (Å²) in [6.07, 6.45) is 0.805. The number of hydrogen-bond acceptors (Lipinski definition) is 3. The number of para-hydroxylation sites is 2. The molecule has 2 heterocycles. The average molecular weight is 391 g/mol. The first-order chi connectivity index (χ1) is 13.8. The van der Waals surface area contributed by atoms with Gasteiger partial charge >= 0.3 is 5.95 Å². The molecule has 3 N–H and O–H groups in total. The van der Waals surface area contributed by atoms with Crippen molar-refractivity contribution in [1.82, 2.24) is 4.57 Å². The van der Waals surface area contributed by atoms with Crippen LogP contribution in [0.25, 0.3) is 11.0 Å². The number of aliphatic hydroxyl groups excluding tert-OH is 1. The van der Waals surface area contributed by atoms with Crippen LogP contribution in [0, 0.1) is 0 Å². The number of rotatable bonds is 5. The van der Waals surface area contributed by atoms with Crippen LogP contribution in [0.1, 0.15) is 43.8 Å². The Morgan fingerprint density at radius 1 is 1.03 bits per heavy atom. The van der Waals surface area contributed by atoms with Crippen molar-refractivity contribution in [2.75, 3.05) is 5.73 Å². The summed E-state index contributed by atoms with van der Waals surface area (Å²) in [4.78, 5) is 0. The van der Waals surface area contributed by atoms with Crippen LogP contribution in [-0.2, 0) is 18.5 Å². The third-order valence-electron chi connectivity index (χ3n) is 5.40. The Morgan fingerprint density at radius 2 is 1.76 bits per heavy atom. The van der Waals surface area contributed by atoms with E-state index in [1.807, 2.05) is 22.8 Å². The molecule has 1 atom stereocenters. The van der Waals surface area contributed by atoms with Gasteiger partial charge in [0.2, 0.25) is 0 Å². The zero-order valence-corrected chi connectivity index (χ0v) is 17.2. The second-order valence-corrected chi connectivity index (χ2v) is 8.52. The normalized spacial score (nSPS) is 13.1. The zero-order valence-electron chi connectivity index (χ0n) is 17.2. The fraction of sp³-hybridized carbons (Fsp3) is 0.292. The maximum absolute atomic E-state index is 10.6. The van der Waals surface area contributed by atoms with Gasteiger partial charge in [0.05, 0.1) is 12.8 Å². The highest BCUT2D eigenvalue weighted by Gasteiger charge is 2.24. The topological polar surface area (TPSA) is 68.2 Å². The third kappa shape index (κ3) is 3.78. The van der Waals surface area contributed by atoms with Crippen molar-refractivity contribution in [1.29, 1.82) is 0 Å². The van der Waals surface area contributed by atoms with Gasteiger partial charge in [0.25, 0.3) is 0 Å². The van der Waals surface area contributed by atoms with Crippen LogP contribution in [0.5, 0.6) is 0 Å². The highest BCUT2D eigenvalue weighted by Crippen LogP contribution is 2.24. The number of aromatic nitrogens is 2. The lowest BCUT2D eigenvalue weighted by atomic mass is 9.87. The Kier molecular flexibility index (Phi) is 4.92. The predicted molar refractivity (Wildman–Crippen MR) is 114 cm³/mol. The highest BCUT2D eigenvalue weighted by molar-refractivity contribution is 5.74. The van der Waals surface area contributed by atoms with Crippen LogP contribution >= 0.6 is 0 Å². The number of benzene rings is 2. The van der Waals surface area contributed by atoms with E-state index in [1.54, 1.807) is 18.4 Å². The standard InChI is InChI=1S/C24H27N3O2/c1-24(2,3)18-12-10-17(11-13-18)15-26-19-7-4-5-8-20(19)27(23(26)25)16-21(28)22-9-6-14-29-22/h4-14,21,25,28H,15-16H2,1-3H3/p+1. The van der Waals surface area contributed by atoms with Gasteiger partial charge < -0.3 is 9.52 Å². The van der Waals surface area contributed by atoms with Crippen molar-refractivity contribution in [2.45, 2.75) is 45.4 Å². The fourth-order valence-electron chi connectivity index (χ4n) is 3.71. The molecular formula is C24H28N3O2+. The minimum Gasteiger partial charge on any atom is -0.466 e. The van der Waals surface area contributed by atoms with Crippen LogP contribution in [0.4, 0.5) is 5.95 Å². The molecule has 0 aliphatic rings. The monoisotopic (exact) mass is 390 g/mol. The summed E-state index contributed by atoms with van der Waals surface area (Å²) in [5.41, 5.74) is 11.2. The van der Waals surface area contributed by atoms with Gasteiger partial charge in [0, 0.05) is 0 Å². The lowest BCUT2D eigenvalue weighted by molar-refractivity contribution is -0.648. The van der Waals surface area contributed by atoms with Gasteiger partial charge in [-0.15, -0.1) is 0 Å². The number of nitrogens with two attached hydrogens (primary N) is 1. The quantitative estimate of drug-likeness (QED) is 0.502. The molecule has 0 bridgehead atoms. The molecule has 0 amide bonds. The summed E-state index contributed by atoms with van der Waals surface area (Å²) in [5, 5.41) is 10.6. The molecule has 150 valence electrons. The van der Waals surface area contributed by atoms with Crippen LogP contribution in [-0.4, -0.2) is 9.67 Å². The van der Waals surface area contributed by atoms with Gasteiger partial charge in [-0.25, -0.2) is 9.13 Å². The molecule has 1 unspecified atom stereocenters. The lowest BCUT2D eigenvalue weighted by Gasteiger charge is -2.19. The second-order valence-electron chi connectivity index (χ2n) is 8.52. The molecule has 0 radical (unpaired) electrons. The summed E-state index contributed by atoms with van der Waals surface area (Å²) in [6, 6.07) is 20.3. The SMILES string of the molecule is CC(C)(C)c1ccc(C[n+]2c(N)n(CC(O)c3ccco3)c3ccccc32)cc1. The molecule has 0 spiro atoms. The van der Waals surface area contributed by atoms with Gasteiger partial charge in [0.1, 0.15) is 29.4 Å². The fourth-order valence-corrected chi connectivity index (χ4v) is 3.71. The van der Waals surface area contributed by atoms with Crippen LogP contribution in [0.15, 0.2) is 71.3 Å². The van der Waals surface area contributed by atoms with E-state index in [1.165, 1.54) is 11.1 Å². The average Bonchev–Trinajstić information content (AvgIpc) is 3.31. The van der Waals surface area contributed by atoms with Crippen LogP contribution < -0.4 is 10.3 Å². The number of imidazole rings is 1. The number of nitrogen functional groups attached to an aromatic ring is 1. The van der Waals surface area contributed by atoms with Gasteiger partial charge in [-0.3, -0.25) is 5.73 Å². The molecule has 2 aromatic carbocycles. The minimum absolute atomic E-state index is 0.128. The van der Waals surface area contributed by atoms with E-state index in [0.29, 0.717) is 24.8 Å². The molecule has 5 heteroatoms. The number of furan rings is 1. The van der Waals surface area contributed by atoms with Crippen molar-refractivity contribution in [3.8, 4) is 0 Å². The number of aliphatic hydroxyl groups is 1. The Bertz CT molecular complexity index is 1100. The Hall–Kier alpha value is -3.05. The van der Waals surface area contributed by atoms with Crippen molar-refractivity contribution < 1.29 is 14.1 Å². The summed E-state index contributed by atoms with van der Waals surface area (Å²) in [5.74, 6) is 1.14. The third-order valence-corrected chi connectivity index (χ3v) is 5.40. The second kappa shape index (κ2) is 7.41. The molecule has 0 aliphatic heterocycles. The van der Waals surface area contributed by atoms with E-state index in [0.717, 1.165) is 11.0 Å². The molecule has 5 nitrogen and oxygen atoms in total.